The van der Waals surface area contributed by atoms with Crippen molar-refractivity contribution in [2.24, 2.45) is 0 Å². The van der Waals surface area contributed by atoms with E-state index in [1.165, 1.54) is 24.3 Å². The van der Waals surface area contributed by atoms with Crippen molar-refractivity contribution in [3.63, 3.8) is 0 Å². The minimum absolute atomic E-state index is 0.0526. The Morgan fingerprint density at radius 1 is 1.00 bits per heavy atom. The zero-order valence-corrected chi connectivity index (χ0v) is 11.2. The van der Waals surface area contributed by atoms with Crippen molar-refractivity contribution in [2.75, 3.05) is 0 Å². The Balaban J connectivity index is 2.53. The van der Waals surface area contributed by atoms with E-state index in [-0.39, 0.29) is 16.4 Å². The summed E-state index contributed by atoms with van der Waals surface area (Å²) in [5, 5.41) is 0.0526. The first-order valence-corrected chi connectivity index (χ1v) is 6.04. The van der Waals surface area contributed by atoms with Gasteiger partial charge < -0.3 is 0 Å². The van der Waals surface area contributed by atoms with Gasteiger partial charge in [0.1, 0.15) is 11.6 Å². The maximum absolute atomic E-state index is 13.3. The third-order valence-corrected chi connectivity index (χ3v) is 3.24. The Morgan fingerprint density at radius 3 is 2.32 bits per heavy atom. The molecule has 0 aliphatic rings. The van der Waals surface area contributed by atoms with Crippen LogP contribution in [-0.4, -0.2) is 5.78 Å². The molecule has 2 rings (SSSR count). The van der Waals surface area contributed by atoms with Gasteiger partial charge in [-0.25, -0.2) is 8.78 Å². The summed E-state index contributed by atoms with van der Waals surface area (Å²) in [6.45, 7) is 3.19. The molecule has 19 heavy (non-hydrogen) atoms. The number of carbonyl (C=O) groups is 1. The molecule has 2 aromatic carbocycles. The van der Waals surface area contributed by atoms with Crippen LogP contribution in [0.1, 0.15) is 27.0 Å². The lowest BCUT2D eigenvalue weighted by atomic mass is 9.98. The van der Waals surface area contributed by atoms with Crippen LogP contribution in [0.15, 0.2) is 30.3 Å². The summed E-state index contributed by atoms with van der Waals surface area (Å²) < 4.78 is 26.3. The Labute approximate surface area is 114 Å². The fourth-order valence-electron chi connectivity index (χ4n) is 1.86. The molecule has 0 N–H and O–H groups in total. The van der Waals surface area contributed by atoms with Crippen molar-refractivity contribution in [3.05, 3.63) is 69.2 Å². The van der Waals surface area contributed by atoms with Crippen LogP contribution in [0, 0.1) is 25.5 Å². The first-order chi connectivity index (χ1) is 8.90. The molecule has 0 saturated carbocycles. The van der Waals surface area contributed by atoms with E-state index in [0.717, 1.165) is 6.07 Å². The fourth-order valence-corrected chi connectivity index (χ4v) is 2.09. The second-order valence-corrected chi connectivity index (χ2v) is 4.78. The average molecular weight is 281 g/mol. The number of hydrogen-bond acceptors (Lipinski definition) is 1. The third kappa shape index (κ3) is 2.66. The van der Waals surface area contributed by atoms with Crippen molar-refractivity contribution in [1.82, 2.24) is 0 Å². The number of halogens is 3. The summed E-state index contributed by atoms with van der Waals surface area (Å²) in [7, 11) is 0. The number of benzene rings is 2. The van der Waals surface area contributed by atoms with Crippen LogP contribution in [0.25, 0.3) is 0 Å². The van der Waals surface area contributed by atoms with Gasteiger partial charge in [-0.05, 0) is 55.3 Å². The highest BCUT2D eigenvalue weighted by Gasteiger charge is 2.17. The molecule has 0 aromatic heterocycles. The summed E-state index contributed by atoms with van der Waals surface area (Å²) in [5.41, 5.74) is 1.43. The van der Waals surface area contributed by atoms with Crippen LogP contribution in [0.3, 0.4) is 0 Å². The molecule has 0 bridgehead atoms. The fraction of sp³-hybridized carbons (Fsp3) is 0.133. The van der Waals surface area contributed by atoms with Crippen molar-refractivity contribution >= 4 is 17.4 Å². The third-order valence-electron chi connectivity index (χ3n) is 2.93. The molecule has 0 fully saturated rings. The number of aryl methyl sites for hydroxylation is 2. The topological polar surface area (TPSA) is 17.1 Å². The normalized spacial score (nSPS) is 10.6. The smallest absolute Gasteiger partial charge is 0.194 e. The molecular weight excluding hydrogens is 270 g/mol. The molecule has 1 nitrogen and oxygen atoms in total. The monoisotopic (exact) mass is 280 g/mol. The van der Waals surface area contributed by atoms with Gasteiger partial charge in [0.15, 0.2) is 5.78 Å². The second kappa shape index (κ2) is 5.10. The molecule has 0 radical (unpaired) electrons. The van der Waals surface area contributed by atoms with E-state index < -0.39 is 11.6 Å². The van der Waals surface area contributed by atoms with Crippen LogP contribution in [-0.2, 0) is 0 Å². The van der Waals surface area contributed by atoms with E-state index in [2.05, 4.69) is 0 Å². The zero-order valence-electron chi connectivity index (χ0n) is 10.4. The lowest BCUT2D eigenvalue weighted by Crippen LogP contribution is -2.06. The first kappa shape index (κ1) is 13.7. The van der Waals surface area contributed by atoms with Gasteiger partial charge in [-0.3, -0.25) is 4.79 Å². The summed E-state index contributed by atoms with van der Waals surface area (Å²) in [5.74, 6) is -1.21. The van der Waals surface area contributed by atoms with Gasteiger partial charge in [-0.15, -0.1) is 0 Å². The van der Waals surface area contributed by atoms with E-state index >= 15 is 0 Å². The van der Waals surface area contributed by atoms with Crippen molar-refractivity contribution in [1.29, 1.82) is 0 Å². The van der Waals surface area contributed by atoms with Gasteiger partial charge in [0.05, 0.1) is 5.02 Å². The highest BCUT2D eigenvalue weighted by atomic mass is 35.5. The second-order valence-electron chi connectivity index (χ2n) is 4.37. The molecular formula is C15H11ClF2O. The van der Waals surface area contributed by atoms with Crippen molar-refractivity contribution < 1.29 is 13.6 Å². The van der Waals surface area contributed by atoms with Gasteiger partial charge in [0.2, 0.25) is 0 Å². The summed E-state index contributed by atoms with van der Waals surface area (Å²) in [4.78, 5) is 12.3. The number of hydrogen-bond donors (Lipinski definition) is 0. The van der Waals surface area contributed by atoms with Crippen LogP contribution < -0.4 is 0 Å². The lowest BCUT2D eigenvalue weighted by molar-refractivity contribution is 0.103. The number of ketones is 1. The molecule has 98 valence electrons. The Morgan fingerprint density at radius 2 is 1.68 bits per heavy atom. The van der Waals surface area contributed by atoms with Gasteiger partial charge >= 0.3 is 0 Å². The van der Waals surface area contributed by atoms with E-state index in [0.29, 0.717) is 16.7 Å². The number of carbonyl (C=O) groups excluding carboxylic acids is 1. The van der Waals surface area contributed by atoms with Crippen LogP contribution in [0.4, 0.5) is 8.78 Å². The molecule has 0 saturated heterocycles. The first-order valence-electron chi connectivity index (χ1n) is 5.66. The summed E-state index contributed by atoms with van der Waals surface area (Å²) in [6, 6.07) is 6.41. The highest BCUT2D eigenvalue weighted by molar-refractivity contribution is 6.35. The Bertz CT molecular complexity index is 665. The Kier molecular flexibility index (Phi) is 3.67. The van der Waals surface area contributed by atoms with Gasteiger partial charge in [0, 0.05) is 11.1 Å². The maximum Gasteiger partial charge on any atom is 0.194 e. The predicted octanol–water partition coefficient (Wildman–Crippen LogP) is 4.47. The average Bonchev–Trinajstić information content (AvgIpc) is 2.33. The van der Waals surface area contributed by atoms with E-state index in [1.54, 1.807) is 13.8 Å². The van der Waals surface area contributed by atoms with Gasteiger partial charge in [0.25, 0.3) is 0 Å². The maximum atomic E-state index is 13.3. The summed E-state index contributed by atoms with van der Waals surface area (Å²) >= 11 is 5.89. The van der Waals surface area contributed by atoms with Crippen LogP contribution in [0.2, 0.25) is 5.02 Å². The molecule has 0 atom stereocenters. The van der Waals surface area contributed by atoms with E-state index in [1.807, 2.05) is 0 Å². The predicted molar refractivity (Wildman–Crippen MR) is 70.7 cm³/mol. The van der Waals surface area contributed by atoms with E-state index in [4.69, 9.17) is 11.6 Å². The molecule has 0 spiro atoms. The molecule has 0 heterocycles. The van der Waals surface area contributed by atoms with Crippen molar-refractivity contribution in [3.8, 4) is 0 Å². The zero-order chi connectivity index (χ0) is 14.2. The lowest BCUT2D eigenvalue weighted by Gasteiger charge is -2.08. The standard InChI is InChI=1S/C15H11ClF2O/c1-8-5-10(17)3-4-11(8)15(19)12-6-9(2)14(18)7-13(12)16/h3-7H,1-2H3. The molecule has 0 unspecified atom stereocenters. The quantitative estimate of drug-likeness (QED) is 0.742. The Hall–Kier alpha value is -1.74. The molecule has 0 aliphatic carbocycles. The largest absolute Gasteiger partial charge is 0.289 e. The number of rotatable bonds is 2. The van der Waals surface area contributed by atoms with Gasteiger partial charge in [-0.1, -0.05) is 11.6 Å². The minimum Gasteiger partial charge on any atom is -0.289 e. The summed E-state index contributed by atoms with van der Waals surface area (Å²) in [6.07, 6.45) is 0. The molecule has 0 amide bonds. The van der Waals surface area contributed by atoms with Gasteiger partial charge in [-0.2, -0.15) is 0 Å². The SMILES string of the molecule is Cc1cc(C(=O)c2ccc(F)cc2C)c(Cl)cc1F. The molecule has 4 heteroatoms. The van der Waals surface area contributed by atoms with Crippen LogP contribution >= 0.6 is 11.6 Å². The molecule has 2 aromatic rings. The van der Waals surface area contributed by atoms with Crippen molar-refractivity contribution in [2.45, 2.75) is 13.8 Å². The minimum atomic E-state index is -0.461. The highest BCUT2D eigenvalue weighted by Crippen LogP contribution is 2.24. The van der Waals surface area contributed by atoms with E-state index in [9.17, 15) is 13.6 Å². The van der Waals surface area contributed by atoms with Crippen LogP contribution in [0.5, 0.6) is 0 Å². The molecule has 0 aliphatic heterocycles.